The van der Waals surface area contributed by atoms with Crippen molar-refractivity contribution in [3.8, 4) is 6.07 Å². The van der Waals surface area contributed by atoms with Gasteiger partial charge in [-0.2, -0.15) is 5.26 Å². The second-order valence-corrected chi connectivity index (χ2v) is 6.28. The fraction of sp³-hybridized carbons (Fsp3) is 0.333. The molecule has 2 aromatic heterocycles. The summed E-state index contributed by atoms with van der Waals surface area (Å²) in [5, 5.41) is 9.17. The van der Waals surface area contributed by atoms with Crippen LogP contribution in [0.3, 0.4) is 0 Å². The summed E-state index contributed by atoms with van der Waals surface area (Å²) in [6.45, 7) is 4.96. The van der Waals surface area contributed by atoms with Crippen molar-refractivity contribution in [3.05, 3.63) is 45.9 Å². The molecular weight excluding hydrogens is 334 g/mol. The molecule has 134 valence electrons. The summed E-state index contributed by atoms with van der Waals surface area (Å²) in [7, 11) is 0. The standard InChI is InChI=1S/C18H19N5O3/c1-11-9-22(10-12(2)26-11)17-14(7-13(8-19)16(20)24)18(25)23-6-4-3-5-15(23)21-17/h3-7,11-12H,9-10H2,1-2H3,(H2,20,24)/b13-7+/t11-,12+. The van der Waals surface area contributed by atoms with Crippen LogP contribution < -0.4 is 16.2 Å². The Balaban J connectivity index is 2.26. The summed E-state index contributed by atoms with van der Waals surface area (Å²) >= 11 is 0. The molecule has 0 unspecified atom stereocenters. The van der Waals surface area contributed by atoms with E-state index in [4.69, 9.17) is 15.7 Å². The maximum Gasteiger partial charge on any atom is 0.267 e. The molecule has 0 aromatic carbocycles. The zero-order valence-corrected chi connectivity index (χ0v) is 14.5. The Bertz CT molecular complexity index is 978. The number of aromatic nitrogens is 2. The highest BCUT2D eigenvalue weighted by Gasteiger charge is 2.26. The summed E-state index contributed by atoms with van der Waals surface area (Å²) in [5.74, 6) is -0.475. The number of hydrogen-bond acceptors (Lipinski definition) is 6. The molecule has 2 atom stereocenters. The van der Waals surface area contributed by atoms with Crippen LogP contribution >= 0.6 is 0 Å². The topological polar surface area (TPSA) is 114 Å². The van der Waals surface area contributed by atoms with Gasteiger partial charge in [0.1, 0.15) is 23.1 Å². The minimum absolute atomic E-state index is 0.0433. The maximum absolute atomic E-state index is 13.0. The molecule has 1 aliphatic rings. The number of rotatable bonds is 3. The van der Waals surface area contributed by atoms with Gasteiger partial charge < -0.3 is 15.4 Å². The second-order valence-electron chi connectivity index (χ2n) is 6.28. The van der Waals surface area contributed by atoms with Crippen molar-refractivity contribution in [2.75, 3.05) is 18.0 Å². The first-order valence-electron chi connectivity index (χ1n) is 8.24. The van der Waals surface area contributed by atoms with Crippen LogP contribution in [-0.2, 0) is 9.53 Å². The summed E-state index contributed by atoms with van der Waals surface area (Å²) in [6.07, 6.45) is 2.72. The van der Waals surface area contributed by atoms with Crippen LogP contribution in [0.2, 0.25) is 0 Å². The fourth-order valence-corrected chi connectivity index (χ4v) is 3.11. The first-order valence-corrected chi connectivity index (χ1v) is 8.24. The Morgan fingerprint density at radius 2 is 2.08 bits per heavy atom. The first kappa shape index (κ1) is 17.6. The van der Waals surface area contributed by atoms with Gasteiger partial charge in [0.15, 0.2) is 0 Å². The van der Waals surface area contributed by atoms with Gasteiger partial charge in [0.05, 0.1) is 17.8 Å². The number of anilines is 1. The normalized spacial score (nSPS) is 20.8. The molecule has 8 heteroatoms. The van der Waals surface area contributed by atoms with Gasteiger partial charge in [-0.3, -0.25) is 14.0 Å². The second kappa shape index (κ2) is 6.98. The number of primary amides is 1. The number of morpholine rings is 1. The Kier molecular flexibility index (Phi) is 4.73. The number of fused-ring (bicyclic) bond motifs is 1. The highest BCUT2D eigenvalue weighted by atomic mass is 16.5. The molecule has 1 aliphatic heterocycles. The molecule has 3 heterocycles. The van der Waals surface area contributed by atoms with Crippen LogP contribution in [0.5, 0.6) is 0 Å². The van der Waals surface area contributed by atoms with Crippen molar-refractivity contribution < 1.29 is 9.53 Å². The molecule has 26 heavy (non-hydrogen) atoms. The number of hydrogen-bond donors (Lipinski definition) is 1. The quantitative estimate of drug-likeness (QED) is 0.642. The van der Waals surface area contributed by atoms with Crippen LogP contribution in [0, 0.1) is 11.3 Å². The lowest BCUT2D eigenvalue weighted by atomic mass is 10.1. The van der Waals surface area contributed by atoms with Gasteiger partial charge in [-0.1, -0.05) is 6.07 Å². The third-order valence-corrected chi connectivity index (χ3v) is 4.14. The minimum Gasteiger partial charge on any atom is -0.372 e. The van der Waals surface area contributed by atoms with Gasteiger partial charge in [-0.05, 0) is 32.1 Å². The Labute approximate surface area is 150 Å². The molecule has 2 N–H and O–H groups in total. The van der Waals surface area contributed by atoms with Crippen molar-refractivity contribution >= 4 is 23.4 Å². The molecule has 1 amide bonds. The Morgan fingerprint density at radius 3 is 2.69 bits per heavy atom. The number of amides is 1. The van der Waals surface area contributed by atoms with E-state index in [0.717, 1.165) is 0 Å². The monoisotopic (exact) mass is 353 g/mol. The van der Waals surface area contributed by atoms with E-state index in [0.29, 0.717) is 24.6 Å². The summed E-state index contributed by atoms with van der Waals surface area (Å²) in [6, 6.07) is 6.96. The largest absolute Gasteiger partial charge is 0.372 e. The van der Waals surface area contributed by atoms with E-state index in [-0.39, 0.29) is 28.9 Å². The predicted molar refractivity (Wildman–Crippen MR) is 96.5 cm³/mol. The van der Waals surface area contributed by atoms with Crippen LogP contribution in [0.1, 0.15) is 19.4 Å². The molecule has 0 bridgehead atoms. The number of nitrogens with two attached hydrogens (primary N) is 1. The number of pyridine rings is 1. The van der Waals surface area contributed by atoms with Gasteiger partial charge in [0.2, 0.25) is 0 Å². The highest BCUT2D eigenvalue weighted by molar-refractivity contribution is 6.01. The van der Waals surface area contributed by atoms with Crippen molar-refractivity contribution in [1.82, 2.24) is 9.38 Å². The maximum atomic E-state index is 13.0. The van der Waals surface area contributed by atoms with Crippen LogP contribution in [0.4, 0.5) is 5.82 Å². The van der Waals surface area contributed by atoms with Crippen molar-refractivity contribution in [2.45, 2.75) is 26.1 Å². The lowest BCUT2D eigenvalue weighted by molar-refractivity contribution is -0.114. The van der Waals surface area contributed by atoms with Gasteiger partial charge >= 0.3 is 0 Å². The van der Waals surface area contributed by atoms with Crippen molar-refractivity contribution in [1.29, 1.82) is 5.26 Å². The first-order chi connectivity index (χ1) is 12.4. The molecule has 1 fully saturated rings. The summed E-state index contributed by atoms with van der Waals surface area (Å²) in [4.78, 5) is 31.0. The zero-order chi connectivity index (χ0) is 18.8. The average Bonchev–Trinajstić information content (AvgIpc) is 2.59. The van der Waals surface area contributed by atoms with Gasteiger partial charge in [0, 0.05) is 19.3 Å². The lowest BCUT2D eigenvalue weighted by Crippen LogP contribution is -2.46. The van der Waals surface area contributed by atoms with Gasteiger partial charge in [-0.25, -0.2) is 4.98 Å². The lowest BCUT2D eigenvalue weighted by Gasteiger charge is -2.36. The zero-order valence-electron chi connectivity index (χ0n) is 14.5. The van der Waals surface area contributed by atoms with Crippen molar-refractivity contribution in [3.63, 3.8) is 0 Å². The molecule has 0 radical (unpaired) electrons. The van der Waals surface area contributed by atoms with Crippen LogP contribution in [0.25, 0.3) is 11.7 Å². The molecule has 2 aromatic rings. The third-order valence-electron chi connectivity index (χ3n) is 4.14. The third kappa shape index (κ3) is 3.30. The Hall–Kier alpha value is -3.18. The van der Waals surface area contributed by atoms with E-state index in [1.807, 2.05) is 18.7 Å². The predicted octanol–water partition coefficient (Wildman–Crippen LogP) is 0.700. The van der Waals surface area contributed by atoms with Crippen molar-refractivity contribution in [2.24, 2.45) is 5.73 Å². The molecular formula is C18H19N5O3. The van der Waals surface area contributed by atoms with E-state index < -0.39 is 5.91 Å². The van der Waals surface area contributed by atoms with E-state index >= 15 is 0 Å². The summed E-state index contributed by atoms with van der Waals surface area (Å²) < 4.78 is 7.11. The van der Waals surface area contributed by atoms with E-state index in [1.165, 1.54) is 10.5 Å². The highest BCUT2D eigenvalue weighted by Crippen LogP contribution is 2.23. The van der Waals surface area contributed by atoms with Gasteiger partial charge in [-0.15, -0.1) is 0 Å². The number of carbonyl (C=O) groups is 1. The molecule has 0 saturated carbocycles. The Morgan fingerprint density at radius 1 is 1.38 bits per heavy atom. The van der Waals surface area contributed by atoms with E-state index in [9.17, 15) is 9.59 Å². The number of ether oxygens (including phenoxy) is 1. The minimum atomic E-state index is -0.889. The molecule has 0 spiro atoms. The van der Waals surface area contributed by atoms with Crippen LogP contribution in [0.15, 0.2) is 34.8 Å². The fourth-order valence-electron chi connectivity index (χ4n) is 3.11. The molecule has 8 nitrogen and oxygen atoms in total. The SMILES string of the molecule is C[C@@H]1CN(c2nc3ccccn3c(=O)c2/C=C(\C#N)C(N)=O)C[C@H](C)O1. The molecule has 0 aliphatic carbocycles. The molecule has 3 rings (SSSR count). The van der Waals surface area contributed by atoms with E-state index in [1.54, 1.807) is 30.5 Å². The van der Waals surface area contributed by atoms with E-state index in [2.05, 4.69) is 4.98 Å². The number of nitrogens with zero attached hydrogens (tertiary/aromatic N) is 4. The average molecular weight is 353 g/mol. The van der Waals surface area contributed by atoms with Crippen LogP contribution in [-0.4, -0.2) is 40.6 Å². The van der Waals surface area contributed by atoms with Gasteiger partial charge in [0.25, 0.3) is 11.5 Å². The molecule has 1 saturated heterocycles. The number of nitriles is 1. The smallest absolute Gasteiger partial charge is 0.267 e. The summed E-state index contributed by atoms with van der Waals surface area (Å²) in [5.41, 5.74) is 5.21. The number of carbonyl (C=O) groups excluding carboxylic acids is 1.